The van der Waals surface area contributed by atoms with Gasteiger partial charge in [-0.1, -0.05) is 12.8 Å². The molecule has 2 unspecified atom stereocenters. The van der Waals surface area contributed by atoms with Crippen molar-refractivity contribution >= 4 is 27.5 Å². The first-order valence-corrected chi connectivity index (χ1v) is 7.66. The highest BCUT2D eigenvalue weighted by atomic mass is 79.9. The van der Waals surface area contributed by atoms with E-state index in [4.69, 9.17) is 10.5 Å². The highest BCUT2D eigenvalue weighted by Gasteiger charge is 2.37. The molecule has 1 amide bonds. The Balaban J connectivity index is 2.11. The quantitative estimate of drug-likeness (QED) is 0.887. The van der Waals surface area contributed by atoms with E-state index < -0.39 is 5.54 Å². The molecule has 2 atom stereocenters. The van der Waals surface area contributed by atoms with E-state index in [9.17, 15) is 4.79 Å². The molecule has 0 saturated heterocycles. The fourth-order valence-electron chi connectivity index (χ4n) is 2.76. The molecule has 0 aliphatic heterocycles. The second-order valence-corrected chi connectivity index (χ2v) is 6.50. The molecule has 1 aliphatic rings. The number of benzene rings is 1. The smallest absolute Gasteiger partial charge is 0.229 e. The number of methoxy groups -OCH3 is 1. The molecule has 1 aromatic carbocycles. The molecule has 0 bridgehead atoms. The molecule has 110 valence electrons. The van der Waals surface area contributed by atoms with Crippen LogP contribution in [0.3, 0.4) is 0 Å². The van der Waals surface area contributed by atoms with Gasteiger partial charge in [0, 0.05) is 17.3 Å². The monoisotopic (exact) mass is 340 g/mol. The Morgan fingerprint density at radius 1 is 1.50 bits per heavy atom. The summed E-state index contributed by atoms with van der Waals surface area (Å²) in [5.41, 5.74) is 6.58. The largest absolute Gasteiger partial charge is 0.495 e. The fraction of sp³-hybridized carbons (Fsp3) is 0.533. The van der Waals surface area contributed by atoms with E-state index in [0.29, 0.717) is 5.75 Å². The molecule has 4 nitrogen and oxygen atoms in total. The number of nitrogens with one attached hydrogen (secondary N) is 1. The number of carbonyl (C=O) groups excluding carboxylic acids is 1. The van der Waals surface area contributed by atoms with Crippen molar-refractivity contribution in [3.63, 3.8) is 0 Å². The maximum atomic E-state index is 12.4. The summed E-state index contributed by atoms with van der Waals surface area (Å²) >= 11 is 3.39. The zero-order chi connectivity index (χ0) is 14.8. The van der Waals surface area contributed by atoms with E-state index in [1.807, 2.05) is 19.1 Å². The second-order valence-electron chi connectivity index (χ2n) is 5.64. The molecule has 1 saturated carbocycles. The van der Waals surface area contributed by atoms with Crippen LogP contribution < -0.4 is 15.8 Å². The summed E-state index contributed by atoms with van der Waals surface area (Å²) in [6.45, 7) is 1.97. The number of rotatable bonds is 3. The summed E-state index contributed by atoms with van der Waals surface area (Å²) in [5.74, 6) is 0.562. The van der Waals surface area contributed by atoms with Crippen LogP contribution in [0.2, 0.25) is 0 Å². The van der Waals surface area contributed by atoms with Crippen molar-refractivity contribution in [3.05, 3.63) is 22.7 Å². The molecule has 0 spiro atoms. The van der Waals surface area contributed by atoms with Crippen molar-refractivity contribution < 1.29 is 9.53 Å². The first-order chi connectivity index (χ1) is 9.44. The Morgan fingerprint density at radius 2 is 2.25 bits per heavy atom. The summed E-state index contributed by atoms with van der Waals surface area (Å²) in [4.78, 5) is 12.4. The predicted octanol–water partition coefficient (Wildman–Crippen LogP) is 3.30. The van der Waals surface area contributed by atoms with E-state index in [0.717, 1.165) is 35.8 Å². The lowest BCUT2D eigenvalue weighted by Crippen LogP contribution is -2.51. The van der Waals surface area contributed by atoms with Crippen molar-refractivity contribution in [2.24, 2.45) is 11.7 Å². The number of halogens is 1. The number of nitrogens with two attached hydrogens (primary N) is 1. The van der Waals surface area contributed by atoms with Gasteiger partial charge >= 0.3 is 0 Å². The van der Waals surface area contributed by atoms with Crippen LogP contribution in [0.4, 0.5) is 5.69 Å². The van der Waals surface area contributed by atoms with Crippen LogP contribution in [0, 0.1) is 5.92 Å². The summed E-state index contributed by atoms with van der Waals surface area (Å²) in [6.07, 6.45) is 3.92. The van der Waals surface area contributed by atoms with Crippen LogP contribution in [-0.2, 0) is 4.79 Å². The topological polar surface area (TPSA) is 64.3 Å². The number of hydrogen-bond acceptors (Lipinski definition) is 3. The third-order valence-corrected chi connectivity index (χ3v) is 4.64. The molecular formula is C15H21BrN2O2. The first kappa shape index (κ1) is 15.3. The van der Waals surface area contributed by atoms with Crippen molar-refractivity contribution in [3.8, 4) is 5.75 Å². The minimum absolute atomic E-state index is 0.000856. The van der Waals surface area contributed by atoms with Crippen LogP contribution in [0.25, 0.3) is 0 Å². The Bertz CT molecular complexity index is 503. The number of ether oxygens (including phenoxy) is 1. The zero-order valence-electron chi connectivity index (χ0n) is 11.9. The lowest BCUT2D eigenvalue weighted by atomic mass is 9.74. The molecule has 1 aliphatic carbocycles. The van der Waals surface area contributed by atoms with Crippen LogP contribution >= 0.6 is 15.9 Å². The normalized spacial score (nSPS) is 26.1. The lowest BCUT2D eigenvalue weighted by Gasteiger charge is -2.37. The second kappa shape index (κ2) is 6.14. The van der Waals surface area contributed by atoms with Gasteiger partial charge in [-0.3, -0.25) is 4.79 Å². The summed E-state index contributed by atoms with van der Waals surface area (Å²) in [7, 11) is 1.60. The van der Waals surface area contributed by atoms with Crippen LogP contribution in [0.15, 0.2) is 22.7 Å². The standard InChI is InChI=1S/C15H21BrN2O2/c1-15(17)8-4-3-5-11(15)14(19)18-10-6-7-12(16)13(9-10)20-2/h6-7,9,11H,3-5,8,17H2,1-2H3,(H,18,19). The molecule has 0 aromatic heterocycles. The van der Waals surface area contributed by atoms with Gasteiger partial charge in [-0.25, -0.2) is 0 Å². The Kier molecular flexibility index (Phi) is 4.70. The van der Waals surface area contributed by atoms with Gasteiger partial charge in [0.25, 0.3) is 0 Å². The van der Waals surface area contributed by atoms with Gasteiger partial charge in [0.2, 0.25) is 5.91 Å². The molecule has 0 heterocycles. The predicted molar refractivity (Wildman–Crippen MR) is 83.9 cm³/mol. The number of anilines is 1. The minimum Gasteiger partial charge on any atom is -0.495 e. The van der Waals surface area contributed by atoms with Gasteiger partial charge in [0.1, 0.15) is 5.75 Å². The van der Waals surface area contributed by atoms with Crippen molar-refractivity contribution in [2.75, 3.05) is 12.4 Å². The number of hydrogen-bond donors (Lipinski definition) is 2. The van der Waals surface area contributed by atoms with Crippen LogP contribution in [0.5, 0.6) is 5.75 Å². The first-order valence-electron chi connectivity index (χ1n) is 6.87. The van der Waals surface area contributed by atoms with Crippen molar-refractivity contribution in [1.82, 2.24) is 0 Å². The lowest BCUT2D eigenvalue weighted by molar-refractivity contribution is -0.122. The number of amides is 1. The number of carbonyl (C=O) groups is 1. The van der Waals surface area contributed by atoms with E-state index >= 15 is 0 Å². The molecule has 0 radical (unpaired) electrons. The van der Waals surface area contributed by atoms with E-state index in [2.05, 4.69) is 21.2 Å². The molecule has 2 rings (SSSR count). The van der Waals surface area contributed by atoms with E-state index in [1.54, 1.807) is 13.2 Å². The van der Waals surface area contributed by atoms with Gasteiger partial charge in [-0.05, 0) is 47.8 Å². The molecule has 1 fully saturated rings. The van der Waals surface area contributed by atoms with Gasteiger partial charge in [0.15, 0.2) is 0 Å². The summed E-state index contributed by atoms with van der Waals surface area (Å²) < 4.78 is 6.09. The molecule has 3 N–H and O–H groups in total. The van der Waals surface area contributed by atoms with Gasteiger partial charge in [-0.15, -0.1) is 0 Å². The zero-order valence-corrected chi connectivity index (χ0v) is 13.5. The Morgan fingerprint density at radius 3 is 2.90 bits per heavy atom. The highest BCUT2D eigenvalue weighted by Crippen LogP contribution is 2.33. The van der Waals surface area contributed by atoms with Gasteiger partial charge in [-0.2, -0.15) is 0 Å². The minimum atomic E-state index is -0.415. The molecule has 1 aromatic rings. The third-order valence-electron chi connectivity index (χ3n) is 3.99. The van der Waals surface area contributed by atoms with Crippen LogP contribution in [0.1, 0.15) is 32.6 Å². The van der Waals surface area contributed by atoms with Crippen molar-refractivity contribution in [1.29, 1.82) is 0 Å². The Hall–Kier alpha value is -1.07. The van der Waals surface area contributed by atoms with Gasteiger partial charge in [0.05, 0.1) is 17.5 Å². The fourth-order valence-corrected chi connectivity index (χ4v) is 3.16. The third kappa shape index (κ3) is 3.33. The molecule has 20 heavy (non-hydrogen) atoms. The van der Waals surface area contributed by atoms with E-state index in [1.165, 1.54) is 0 Å². The average molecular weight is 341 g/mol. The summed E-state index contributed by atoms with van der Waals surface area (Å²) in [6, 6.07) is 5.51. The molecular weight excluding hydrogens is 320 g/mol. The van der Waals surface area contributed by atoms with Crippen molar-refractivity contribution in [2.45, 2.75) is 38.1 Å². The van der Waals surface area contributed by atoms with Crippen LogP contribution in [-0.4, -0.2) is 18.6 Å². The SMILES string of the molecule is COc1cc(NC(=O)C2CCCCC2(C)N)ccc1Br. The maximum Gasteiger partial charge on any atom is 0.229 e. The Labute approximate surface area is 128 Å². The van der Waals surface area contributed by atoms with E-state index in [-0.39, 0.29) is 11.8 Å². The summed E-state index contributed by atoms with van der Waals surface area (Å²) in [5, 5.41) is 2.95. The highest BCUT2D eigenvalue weighted by molar-refractivity contribution is 9.10. The average Bonchev–Trinajstić information content (AvgIpc) is 2.40. The van der Waals surface area contributed by atoms with Gasteiger partial charge < -0.3 is 15.8 Å². The molecule has 5 heteroatoms. The maximum absolute atomic E-state index is 12.4.